The number of benzene rings is 1. The molecule has 142 valence electrons. The smallest absolute Gasteiger partial charge is 0.191 e. The average Bonchev–Trinajstić information content (AvgIpc) is 2.61. The molecular formula is C19H26FIN4O. The third-order valence-electron chi connectivity index (χ3n) is 3.66. The molecule has 1 aromatic carbocycles. The maximum absolute atomic E-state index is 13.2. The molecule has 5 nitrogen and oxygen atoms in total. The van der Waals surface area contributed by atoms with E-state index in [-0.39, 0.29) is 35.9 Å². The molecule has 0 radical (unpaired) electrons. The van der Waals surface area contributed by atoms with Gasteiger partial charge >= 0.3 is 0 Å². The van der Waals surface area contributed by atoms with Crippen molar-refractivity contribution in [2.45, 2.75) is 32.9 Å². The molecule has 0 spiro atoms. The SMILES string of the molecule is CCC(CNC(=NC)NCc1cccc(C)n1)Oc1cccc(F)c1.I. The van der Waals surface area contributed by atoms with E-state index in [2.05, 4.69) is 20.6 Å². The number of guanidine groups is 1. The van der Waals surface area contributed by atoms with Gasteiger partial charge in [-0.3, -0.25) is 9.98 Å². The van der Waals surface area contributed by atoms with Gasteiger partial charge in [0.2, 0.25) is 0 Å². The van der Waals surface area contributed by atoms with Crippen LogP contribution in [-0.4, -0.2) is 30.6 Å². The molecule has 1 heterocycles. The van der Waals surface area contributed by atoms with Gasteiger partial charge < -0.3 is 15.4 Å². The Hall–Kier alpha value is -1.90. The molecule has 1 aromatic heterocycles. The second kappa shape index (κ2) is 11.7. The molecule has 0 saturated heterocycles. The van der Waals surface area contributed by atoms with E-state index in [1.807, 2.05) is 32.0 Å². The lowest BCUT2D eigenvalue weighted by Crippen LogP contribution is -2.42. The standard InChI is InChI=1S/C19H25FN4O.HI/c1-4-17(25-18-10-6-8-15(20)11-18)13-23-19(21-3)22-12-16-9-5-7-14(2)24-16;/h5-11,17H,4,12-13H2,1-3H3,(H2,21,22,23);1H. The fourth-order valence-electron chi connectivity index (χ4n) is 2.31. The van der Waals surface area contributed by atoms with Crippen LogP contribution >= 0.6 is 24.0 Å². The van der Waals surface area contributed by atoms with Crippen molar-refractivity contribution < 1.29 is 9.13 Å². The number of nitrogens with one attached hydrogen (secondary N) is 2. The summed E-state index contributed by atoms with van der Waals surface area (Å²) in [7, 11) is 1.72. The lowest BCUT2D eigenvalue weighted by molar-refractivity contribution is 0.198. The van der Waals surface area contributed by atoms with Crippen LogP contribution in [0.25, 0.3) is 0 Å². The number of nitrogens with zero attached hydrogens (tertiary/aromatic N) is 2. The van der Waals surface area contributed by atoms with Gasteiger partial charge in [-0.2, -0.15) is 0 Å². The number of rotatable bonds is 7. The summed E-state index contributed by atoms with van der Waals surface area (Å²) in [5.74, 6) is 0.897. The Kier molecular flexibility index (Phi) is 9.93. The fraction of sp³-hybridized carbons (Fsp3) is 0.368. The molecule has 0 amide bonds. The van der Waals surface area contributed by atoms with Crippen LogP contribution in [-0.2, 0) is 6.54 Å². The first kappa shape index (κ1) is 22.1. The molecule has 0 aliphatic carbocycles. The van der Waals surface area contributed by atoms with Gasteiger partial charge in [-0.05, 0) is 37.6 Å². The summed E-state index contributed by atoms with van der Waals surface area (Å²) >= 11 is 0. The zero-order valence-corrected chi connectivity index (χ0v) is 17.7. The predicted octanol–water partition coefficient (Wildman–Crippen LogP) is 3.67. The Labute approximate surface area is 171 Å². The quantitative estimate of drug-likeness (QED) is 0.367. The second-order valence-corrected chi connectivity index (χ2v) is 5.68. The van der Waals surface area contributed by atoms with E-state index in [1.165, 1.54) is 12.1 Å². The van der Waals surface area contributed by atoms with Crippen molar-refractivity contribution in [1.82, 2.24) is 15.6 Å². The van der Waals surface area contributed by atoms with Crippen LogP contribution in [0.1, 0.15) is 24.7 Å². The van der Waals surface area contributed by atoms with Crippen molar-refractivity contribution >= 4 is 29.9 Å². The molecule has 0 aliphatic heterocycles. The highest BCUT2D eigenvalue weighted by molar-refractivity contribution is 14.0. The number of aryl methyl sites for hydroxylation is 1. The molecule has 2 rings (SSSR count). The highest BCUT2D eigenvalue weighted by Crippen LogP contribution is 2.14. The van der Waals surface area contributed by atoms with E-state index >= 15 is 0 Å². The lowest BCUT2D eigenvalue weighted by Gasteiger charge is -2.20. The minimum atomic E-state index is -0.302. The number of halogens is 2. The van der Waals surface area contributed by atoms with Gasteiger partial charge in [0.1, 0.15) is 17.7 Å². The van der Waals surface area contributed by atoms with E-state index in [0.29, 0.717) is 24.8 Å². The Morgan fingerprint density at radius 1 is 1.23 bits per heavy atom. The van der Waals surface area contributed by atoms with Gasteiger partial charge in [0.25, 0.3) is 0 Å². The summed E-state index contributed by atoms with van der Waals surface area (Å²) in [6.45, 7) is 5.14. The Morgan fingerprint density at radius 3 is 2.65 bits per heavy atom. The number of hydrogen-bond acceptors (Lipinski definition) is 3. The second-order valence-electron chi connectivity index (χ2n) is 5.68. The van der Waals surface area contributed by atoms with Gasteiger partial charge in [0.05, 0.1) is 18.8 Å². The molecule has 0 aliphatic rings. The normalized spacial score (nSPS) is 12.1. The van der Waals surface area contributed by atoms with Crippen LogP contribution in [0, 0.1) is 12.7 Å². The number of aromatic nitrogens is 1. The fourth-order valence-corrected chi connectivity index (χ4v) is 2.31. The third kappa shape index (κ3) is 7.55. The molecular weight excluding hydrogens is 446 g/mol. The molecule has 0 bridgehead atoms. The number of aliphatic imine (C=N–C) groups is 1. The zero-order chi connectivity index (χ0) is 18.1. The number of hydrogen-bond donors (Lipinski definition) is 2. The summed E-state index contributed by atoms with van der Waals surface area (Å²) in [4.78, 5) is 8.65. The first-order valence-electron chi connectivity index (χ1n) is 8.40. The summed E-state index contributed by atoms with van der Waals surface area (Å²) in [5.41, 5.74) is 1.93. The van der Waals surface area contributed by atoms with Gasteiger partial charge in [0, 0.05) is 18.8 Å². The summed E-state index contributed by atoms with van der Waals surface area (Å²) in [6, 6.07) is 12.1. The Morgan fingerprint density at radius 2 is 2.00 bits per heavy atom. The monoisotopic (exact) mass is 472 g/mol. The highest BCUT2D eigenvalue weighted by Gasteiger charge is 2.10. The zero-order valence-electron chi connectivity index (χ0n) is 15.3. The van der Waals surface area contributed by atoms with Crippen LogP contribution in [0.5, 0.6) is 5.75 Å². The van der Waals surface area contributed by atoms with Crippen LogP contribution in [0.3, 0.4) is 0 Å². The largest absolute Gasteiger partial charge is 0.489 e. The average molecular weight is 472 g/mol. The molecule has 0 fully saturated rings. The molecule has 2 aromatic rings. The van der Waals surface area contributed by atoms with Crippen LogP contribution in [0.4, 0.5) is 4.39 Å². The van der Waals surface area contributed by atoms with Gasteiger partial charge in [-0.15, -0.1) is 24.0 Å². The van der Waals surface area contributed by atoms with Crippen molar-refractivity contribution in [3.05, 3.63) is 59.7 Å². The van der Waals surface area contributed by atoms with Gasteiger partial charge in [-0.1, -0.05) is 19.1 Å². The first-order valence-corrected chi connectivity index (χ1v) is 8.40. The van der Waals surface area contributed by atoms with Gasteiger partial charge in [0.15, 0.2) is 5.96 Å². The lowest BCUT2D eigenvalue weighted by atomic mass is 10.2. The van der Waals surface area contributed by atoms with Crippen molar-refractivity contribution in [3.63, 3.8) is 0 Å². The van der Waals surface area contributed by atoms with Crippen molar-refractivity contribution in [2.75, 3.05) is 13.6 Å². The first-order chi connectivity index (χ1) is 12.1. The van der Waals surface area contributed by atoms with E-state index in [0.717, 1.165) is 17.8 Å². The molecule has 26 heavy (non-hydrogen) atoms. The maximum Gasteiger partial charge on any atom is 0.191 e. The summed E-state index contributed by atoms with van der Waals surface area (Å²) in [6.07, 6.45) is 0.706. The summed E-state index contributed by atoms with van der Waals surface area (Å²) in [5, 5.41) is 6.46. The van der Waals surface area contributed by atoms with Crippen molar-refractivity contribution in [3.8, 4) is 5.75 Å². The van der Waals surface area contributed by atoms with E-state index in [9.17, 15) is 4.39 Å². The third-order valence-corrected chi connectivity index (χ3v) is 3.66. The maximum atomic E-state index is 13.2. The minimum absolute atomic E-state index is 0. The number of ether oxygens (including phenoxy) is 1. The van der Waals surface area contributed by atoms with Crippen molar-refractivity contribution in [1.29, 1.82) is 0 Å². The molecule has 1 unspecified atom stereocenters. The molecule has 2 N–H and O–H groups in total. The summed E-state index contributed by atoms with van der Waals surface area (Å²) < 4.78 is 19.1. The predicted molar refractivity (Wildman–Crippen MR) is 114 cm³/mol. The van der Waals surface area contributed by atoms with Crippen LogP contribution in [0.2, 0.25) is 0 Å². The van der Waals surface area contributed by atoms with Gasteiger partial charge in [-0.25, -0.2) is 4.39 Å². The molecule has 7 heteroatoms. The van der Waals surface area contributed by atoms with Crippen LogP contribution in [0.15, 0.2) is 47.5 Å². The van der Waals surface area contributed by atoms with Crippen molar-refractivity contribution in [2.24, 2.45) is 4.99 Å². The minimum Gasteiger partial charge on any atom is -0.489 e. The van der Waals surface area contributed by atoms with E-state index in [4.69, 9.17) is 4.74 Å². The Balaban J connectivity index is 0.00000338. The highest BCUT2D eigenvalue weighted by atomic mass is 127. The number of pyridine rings is 1. The topological polar surface area (TPSA) is 58.5 Å². The molecule has 0 saturated carbocycles. The van der Waals surface area contributed by atoms with Crippen LogP contribution < -0.4 is 15.4 Å². The van der Waals surface area contributed by atoms with E-state index in [1.54, 1.807) is 19.2 Å². The Bertz CT molecular complexity index is 711. The van der Waals surface area contributed by atoms with E-state index < -0.39 is 0 Å². The molecule has 1 atom stereocenters.